The second-order valence-electron chi connectivity index (χ2n) is 3.91. The largest absolute Gasteiger partial charge is 0.356 e. The van der Waals surface area contributed by atoms with Crippen molar-refractivity contribution in [2.24, 2.45) is 5.11 Å². The van der Waals surface area contributed by atoms with Crippen LogP contribution in [0.1, 0.15) is 12.8 Å². The van der Waals surface area contributed by atoms with Crippen LogP contribution in [-0.4, -0.2) is 29.2 Å². The molecule has 0 unspecified atom stereocenters. The Bertz CT molecular complexity index is 484. The van der Waals surface area contributed by atoms with E-state index in [1.165, 1.54) is 4.57 Å². The zero-order valence-electron chi connectivity index (χ0n) is 9.49. The fraction of sp³-hybridized carbons (Fsp3) is 0.600. The normalized spacial score (nSPS) is 14.7. The van der Waals surface area contributed by atoms with E-state index in [0.717, 1.165) is 31.7 Å². The molecule has 90 valence electrons. The SMILES string of the molecule is [N-]=[N+]=NCCn1ccc(N2CCCC2)nc1=O. The summed E-state index contributed by atoms with van der Waals surface area (Å²) in [6.45, 7) is 2.57. The van der Waals surface area contributed by atoms with Gasteiger partial charge in [-0.15, -0.1) is 0 Å². The van der Waals surface area contributed by atoms with Crippen LogP contribution >= 0.6 is 0 Å². The van der Waals surface area contributed by atoms with Gasteiger partial charge in [0, 0.05) is 37.3 Å². The molecule has 0 radical (unpaired) electrons. The summed E-state index contributed by atoms with van der Waals surface area (Å²) in [5, 5.41) is 3.39. The van der Waals surface area contributed by atoms with E-state index >= 15 is 0 Å². The summed E-state index contributed by atoms with van der Waals surface area (Å²) in [6.07, 6.45) is 4.01. The Labute approximate surface area is 98.3 Å². The summed E-state index contributed by atoms with van der Waals surface area (Å²) in [5.41, 5.74) is 7.86. The van der Waals surface area contributed by atoms with Crippen LogP contribution in [0.25, 0.3) is 10.4 Å². The maximum absolute atomic E-state index is 11.7. The molecule has 2 heterocycles. The van der Waals surface area contributed by atoms with Crippen molar-refractivity contribution in [1.29, 1.82) is 0 Å². The van der Waals surface area contributed by atoms with Crippen molar-refractivity contribution in [2.45, 2.75) is 19.4 Å². The van der Waals surface area contributed by atoms with Crippen molar-refractivity contribution < 1.29 is 0 Å². The molecule has 0 atom stereocenters. The van der Waals surface area contributed by atoms with Crippen LogP contribution in [0.15, 0.2) is 22.2 Å². The fourth-order valence-electron chi connectivity index (χ4n) is 1.91. The van der Waals surface area contributed by atoms with E-state index in [9.17, 15) is 4.79 Å². The molecule has 0 saturated carbocycles. The van der Waals surface area contributed by atoms with Gasteiger partial charge < -0.3 is 4.90 Å². The first kappa shape index (κ1) is 11.5. The number of aromatic nitrogens is 2. The highest BCUT2D eigenvalue weighted by Gasteiger charge is 2.13. The van der Waals surface area contributed by atoms with Crippen LogP contribution in [0, 0.1) is 0 Å². The van der Waals surface area contributed by atoms with Crippen molar-refractivity contribution in [1.82, 2.24) is 9.55 Å². The Hall–Kier alpha value is -2.01. The third-order valence-corrected chi connectivity index (χ3v) is 2.79. The molecule has 1 saturated heterocycles. The monoisotopic (exact) mass is 234 g/mol. The van der Waals surface area contributed by atoms with Gasteiger partial charge in [0.15, 0.2) is 0 Å². The first-order chi connectivity index (χ1) is 8.31. The van der Waals surface area contributed by atoms with Crippen LogP contribution in [0.4, 0.5) is 5.82 Å². The van der Waals surface area contributed by atoms with E-state index in [1.54, 1.807) is 6.20 Å². The van der Waals surface area contributed by atoms with Crippen LogP contribution in [-0.2, 0) is 6.54 Å². The van der Waals surface area contributed by atoms with Gasteiger partial charge in [-0.1, -0.05) is 5.11 Å². The van der Waals surface area contributed by atoms with Gasteiger partial charge in [-0.2, -0.15) is 4.98 Å². The summed E-state index contributed by atoms with van der Waals surface area (Å²) in [6, 6.07) is 1.84. The highest BCUT2D eigenvalue weighted by Crippen LogP contribution is 2.15. The van der Waals surface area contributed by atoms with E-state index in [1.807, 2.05) is 6.07 Å². The first-order valence-corrected chi connectivity index (χ1v) is 5.64. The number of hydrogen-bond donors (Lipinski definition) is 0. The Morgan fingerprint density at radius 2 is 2.24 bits per heavy atom. The molecule has 7 heteroatoms. The second-order valence-corrected chi connectivity index (χ2v) is 3.91. The van der Waals surface area contributed by atoms with Crippen molar-refractivity contribution >= 4 is 5.82 Å². The van der Waals surface area contributed by atoms with Gasteiger partial charge in [-0.05, 0) is 24.4 Å². The molecule has 7 nitrogen and oxygen atoms in total. The van der Waals surface area contributed by atoms with Crippen LogP contribution in [0.2, 0.25) is 0 Å². The van der Waals surface area contributed by atoms with Gasteiger partial charge in [0.1, 0.15) is 5.82 Å². The molecule has 0 N–H and O–H groups in total. The average Bonchev–Trinajstić information content (AvgIpc) is 2.85. The summed E-state index contributed by atoms with van der Waals surface area (Å²) < 4.78 is 1.45. The lowest BCUT2D eigenvalue weighted by atomic mass is 10.4. The predicted octanol–water partition coefficient (Wildman–Crippen LogP) is 1.15. The van der Waals surface area contributed by atoms with Crippen molar-refractivity contribution in [3.63, 3.8) is 0 Å². The predicted molar refractivity (Wildman–Crippen MR) is 64.0 cm³/mol. The van der Waals surface area contributed by atoms with Crippen molar-refractivity contribution in [3.05, 3.63) is 33.2 Å². The quantitative estimate of drug-likeness (QED) is 0.445. The molecule has 2 rings (SSSR count). The summed E-state index contributed by atoms with van der Waals surface area (Å²) >= 11 is 0. The molecule has 0 amide bonds. The molecule has 1 fully saturated rings. The van der Waals surface area contributed by atoms with Gasteiger partial charge in [-0.3, -0.25) is 4.57 Å². The van der Waals surface area contributed by atoms with Gasteiger partial charge in [-0.25, -0.2) is 4.79 Å². The molecule has 1 aliphatic heterocycles. The molecule has 1 aromatic heterocycles. The van der Waals surface area contributed by atoms with Crippen molar-refractivity contribution in [2.75, 3.05) is 24.5 Å². The average molecular weight is 234 g/mol. The Kier molecular flexibility index (Phi) is 3.62. The van der Waals surface area contributed by atoms with Gasteiger partial charge in [0.25, 0.3) is 0 Å². The standard InChI is InChI=1S/C10H14N6O/c11-14-12-4-8-16-7-3-9(13-10(16)17)15-5-1-2-6-15/h3,7H,1-2,4-6,8H2. The highest BCUT2D eigenvalue weighted by atomic mass is 16.1. The zero-order chi connectivity index (χ0) is 12.1. The minimum Gasteiger partial charge on any atom is -0.356 e. The van der Waals surface area contributed by atoms with Crippen LogP contribution in [0.3, 0.4) is 0 Å². The second kappa shape index (κ2) is 5.36. The third-order valence-electron chi connectivity index (χ3n) is 2.79. The molecule has 0 spiro atoms. The Balaban J connectivity index is 2.10. The molecule has 1 aliphatic rings. The summed E-state index contributed by atoms with van der Waals surface area (Å²) in [5.74, 6) is 0.743. The molecule has 0 aliphatic carbocycles. The van der Waals surface area contributed by atoms with Gasteiger partial charge >= 0.3 is 5.69 Å². The number of nitrogens with zero attached hydrogens (tertiary/aromatic N) is 6. The van der Waals surface area contributed by atoms with E-state index in [0.29, 0.717) is 6.54 Å². The van der Waals surface area contributed by atoms with E-state index in [4.69, 9.17) is 5.53 Å². The van der Waals surface area contributed by atoms with Crippen molar-refractivity contribution in [3.8, 4) is 0 Å². The maximum Gasteiger partial charge on any atom is 0.349 e. The molecular formula is C10H14N6O. The lowest BCUT2D eigenvalue weighted by Gasteiger charge is -2.16. The fourth-order valence-corrected chi connectivity index (χ4v) is 1.91. The minimum atomic E-state index is -0.289. The lowest BCUT2D eigenvalue weighted by Crippen LogP contribution is -2.28. The molecular weight excluding hydrogens is 220 g/mol. The molecule has 0 aromatic carbocycles. The Morgan fingerprint density at radius 3 is 2.88 bits per heavy atom. The summed E-state index contributed by atoms with van der Waals surface area (Å²) in [7, 11) is 0. The summed E-state index contributed by atoms with van der Waals surface area (Å²) in [4.78, 5) is 20.5. The van der Waals surface area contributed by atoms with E-state index < -0.39 is 0 Å². The topological polar surface area (TPSA) is 86.9 Å². The minimum absolute atomic E-state index is 0.265. The number of anilines is 1. The first-order valence-electron chi connectivity index (χ1n) is 5.64. The van der Waals surface area contributed by atoms with E-state index in [2.05, 4.69) is 19.9 Å². The van der Waals surface area contributed by atoms with Gasteiger partial charge in [0.2, 0.25) is 0 Å². The zero-order valence-corrected chi connectivity index (χ0v) is 9.49. The smallest absolute Gasteiger partial charge is 0.349 e. The number of azide groups is 1. The number of hydrogen-bond acceptors (Lipinski definition) is 4. The number of rotatable bonds is 4. The molecule has 17 heavy (non-hydrogen) atoms. The Morgan fingerprint density at radius 1 is 1.47 bits per heavy atom. The lowest BCUT2D eigenvalue weighted by molar-refractivity contribution is 0.655. The van der Waals surface area contributed by atoms with Gasteiger partial charge in [0.05, 0.1) is 0 Å². The highest BCUT2D eigenvalue weighted by molar-refractivity contribution is 5.37. The van der Waals surface area contributed by atoms with Crippen LogP contribution in [0.5, 0.6) is 0 Å². The molecule has 1 aromatic rings. The molecule has 0 bridgehead atoms. The van der Waals surface area contributed by atoms with E-state index in [-0.39, 0.29) is 12.2 Å². The maximum atomic E-state index is 11.7. The third kappa shape index (κ3) is 2.76. The van der Waals surface area contributed by atoms with Crippen LogP contribution < -0.4 is 10.6 Å².